The summed E-state index contributed by atoms with van der Waals surface area (Å²) in [5.41, 5.74) is 0. The first-order valence-electron chi connectivity index (χ1n) is 4.55. The zero-order valence-electron chi connectivity index (χ0n) is 8.49. The van der Waals surface area contributed by atoms with Crippen LogP contribution in [0.5, 0.6) is 0 Å². The molecular formula is C9H19NO2S. The van der Waals surface area contributed by atoms with Crippen LogP contribution in [0.1, 0.15) is 13.8 Å². The van der Waals surface area contributed by atoms with Crippen molar-refractivity contribution in [3.8, 4) is 0 Å². The molecule has 78 valence electrons. The van der Waals surface area contributed by atoms with Gasteiger partial charge in [-0.05, 0) is 24.5 Å². The maximum Gasteiger partial charge on any atom is 0.139 e. The SMILES string of the molecule is CCSCC(C)[C@@H](O)[C@@H](C=O)NC. The fraction of sp³-hybridized carbons (Fsp3) is 0.889. The first-order chi connectivity index (χ1) is 6.17. The van der Waals surface area contributed by atoms with Gasteiger partial charge in [-0.25, -0.2) is 0 Å². The second-order valence-electron chi connectivity index (χ2n) is 3.08. The number of hydrogen-bond donors (Lipinski definition) is 2. The van der Waals surface area contributed by atoms with Crippen molar-refractivity contribution in [2.45, 2.75) is 26.0 Å². The van der Waals surface area contributed by atoms with E-state index in [2.05, 4.69) is 12.2 Å². The van der Waals surface area contributed by atoms with Gasteiger partial charge in [0.25, 0.3) is 0 Å². The molecule has 2 N–H and O–H groups in total. The molecule has 0 aromatic rings. The van der Waals surface area contributed by atoms with Crippen LogP contribution in [0.15, 0.2) is 0 Å². The van der Waals surface area contributed by atoms with Crippen LogP contribution in [0.25, 0.3) is 0 Å². The number of thioether (sulfide) groups is 1. The molecule has 4 heteroatoms. The van der Waals surface area contributed by atoms with Crippen LogP contribution >= 0.6 is 11.8 Å². The van der Waals surface area contributed by atoms with Gasteiger partial charge in [0, 0.05) is 0 Å². The Morgan fingerprint density at radius 1 is 1.62 bits per heavy atom. The summed E-state index contributed by atoms with van der Waals surface area (Å²) < 4.78 is 0. The third kappa shape index (κ3) is 4.64. The van der Waals surface area contributed by atoms with E-state index in [1.165, 1.54) is 0 Å². The van der Waals surface area contributed by atoms with Gasteiger partial charge in [-0.3, -0.25) is 0 Å². The maximum atomic E-state index is 10.5. The van der Waals surface area contributed by atoms with Gasteiger partial charge in [0.1, 0.15) is 6.29 Å². The van der Waals surface area contributed by atoms with Crippen LogP contribution < -0.4 is 5.32 Å². The van der Waals surface area contributed by atoms with Crippen LogP contribution in [-0.4, -0.2) is 42.1 Å². The average Bonchev–Trinajstić information content (AvgIpc) is 2.15. The number of likely N-dealkylation sites (N-methyl/N-ethyl adjacent to an activating group) is 1. The standard InChI is InChI=1S/C9H19NO2S/c1-4-13-6-7(2)9(12)8(5-11)10-3/h5,7-10,12H,4,6H2,1-3H3/t7?,8-,9-/m1/s1. The van der Waals surface area contributed by atoms with Gasteiger partial charge in [-0.2, -0.15) is 11.8 Å². The Labute approximate surface area is 84.3 Å². The third-order valence-electron chi connectivity index (χ3n) is 2.02. The fourth-order valence-corrected chi connectivity index (χ4v) is 1.88. The molecule has 0 aromatic carbocycles. The highest BCUT2D eigenvalue weighted by atomic mass is 32.2. The van der Waals surface area contributed by atoms with Crippen LogP contribution in [0, 0.1) is 5.92 Å². The molecule has 3 nitrogen and oxygen atoms in total. The predicted molar refractivity (Wildman–Crippen MR) is 57.1 cm³/mol. The number of hydrogen-bond acceptors (Lipinski definition) is 4. The van der Waals surface area contributed by atoms with Crippen molar-refractivity contribution in [1.82, 2.24) is 5.32 Å². The van der Waals surface area contributed by atoms with Crippen LogP contribution in [0.4, 0.5) is 0 Å². The Morgan fingerprint density at radius 2 is 2.23 bits per heavy atom. The van der Waals surface area contributed by atoms with Gasteiger partial charge in [-0.15, -0.1) is 0 Å². The van der Waals surface area contributed by atoms with E-state index in [4.69, 9.17) is 0 Å². The second-order valence-corrected chi connectivity index (χ2v) is 4.40. The topological polar surface area (TPSA) is 49.3 Å². The molecule has 0 saturated carbocycles. The quantitative estimate of drug-likeness (QED) is 0.595. The number of aliphatic hydroxyl groups excluding tert-OH is 1. The predicted octanol–water partition coefficient (Wildman–Crippen LogP) is 0.523. The summed E-state index contributed by atoms with van der Waals surface area (Å²) in [6.45, 7) is 4.04. The summed E-state index contributed by atoms with van der Waals surface area (Å²) >= 11 is 1.78. The summed E-state index contributed by atoms with van der Waals surface area (Å²) in [4.78, 5) is 10.5. The Balaban J connectivity index is 3.90. The van der Waals surface area contributed by atoms with E-state index in [1.54, 1.807) is 18.8 Å². The van der Waals surface area contributed by atoms with E-state index in [-0.39, 0.29) is 5.92 Å². The molecule has 1 unspecified atom stereocenters. The van der Waals surface area contributed by atoms with Gasteiger partial charge in [0.2, 0.25) is 0 Å². The molecule has 13 heavy (non-hydrogen) atoms. The van der Waals surface area contributed by atoms with Crippen molar-refractivity contribution in [2.75, 3.05) is 18.6 Å². The minimum atomic E-state index is -0.582. The number of carbonyl (C=O) groups excluding carboxylic acids is 1. The molecule has 0 heterocycles. The molecule has 0 rings (SSSR count). The summed E-state index contributed by atoms with van der Waals surface area (Å²) in [5, 5.41) is 12.5. The Morgan fingerprint density at radius 3 is 2.62 bits per heavy atom. The second kappa shape index (κ2) is 7.35. The first-order valence-corrected chi connectivity index (χ1v) is 5.71. The highest BCUT2D eigenvalue weighted by molar-refractivity contribution is 7.99. The highest BCUT2D eigenvalue weighted by Gasteiger charge is 2.22. The number of aldehydes is 1. The van der Waals surface area contributed by atoms with Crippen LogP contribution in [-0.2, 0) is 4.79 Å². The maximum absolute atomic E-state index is 10.5. The van der Waals surface area contributed by atoms with Gasteiger partial charge < -0.3 is 15.2 Å². The lowest BCUT2D eigenvalue weighted by atomic mass is 10.0. The van der Waals surface area contributed by atoms with Crippen molar-refractivity contribution < 1.29 is 9.90 Å². The molecule has 0 aromatic heterocycles. The lowest BCUT2D eigenvalue weighted by molar-refractivity contribution is -0.112. The lowest BCUT2D eigenvalue weighted by Crippen LogP contribution is -2.43. The summed E-state index contributed by atoms with van der Waals surface area (Å²) in [6.07, 6.45) is 0.180. The summed E-state index contributed by atoms with van der Waals surface area (Å²) in [7, 11) is 1.68. The van der Waals surface area contributed by atoms with E-state index in [0.717, 1.165) is 17.8 Å². The fourth-order valence-electron chi connectivity index (χ4n) is 1.08. The largest absolute Gasteiger partial charge is 0.391 e. The number of nitrogens with one attached hydrogen (secondary N) is 1. The normalized spacial score (nSPS) is 17.8. The van der Waals surface area contributed by atoms with Crippen molar-refractivity contribution in [2.24, 2.45) is 5.92 Å². The van der Waals surface area contributed by atoms with E-state index in [1.807, 2.05) is 6.92 Å². The van der Waals surface area contributed by atoms with Crippen molar-refractivity contribution in [3.05, 3.63) is 0 Å². The molecule has 0 radical (unpaired) electrons. The van der Waals surface area contributed by atoms with Crippen LogP contribution in [0.3, 0.4) is 0 Å². The zero-order valence-corrected chi connectivity index (χ0v) is 9.30. The van der Waals surface area contributed by atoms with E-state index >= 15 is 0 Å². The lowest BCUT2D eigenvalue weighted by Gasteiger charge is -2.22. The molecule has 0 saturated heterocycles. The minimum Gasteiger partial charge on any atom is -0.391 e. The molecule has 0 aliphatic carbocycles. The summed E-state index contributed by atoms with van der Waals surface area (Å²) in [6, 6.07) is -0.438. The molecule has 0 spiro atoms. The monoisotopic (exact) mass is 205 g/mol. The van der Waals surface area contributed by atoms with Gasteiger partial charge in [0.05, 0.1) is 12.1 Å². The van der Waals surface area contributed by atoms with Gasteiger partial charge in [-0.1, -0.05) is 13.8 Å². The first kappa shape index (κ1) is 12.9. The minimum absolute atomic E-state index is 0.146. The Kier molecular flexibility index (Phi) is 7.32. The van der Waals surface area contributed by atoms with E-state index in [9.17, 15) is 9.90 Å². The smallest absolute Gasteiger partial charge is 0.139 e. The van der Waals surface area contributed by atoms with Crippen molar-refractivity contribution in [1.29, 1.82) is 0 Å². The molecule has 0 aliphatic rings. The molecule has 0 aliphatic heterocycles. The summed E-state index contributed by atoms with van der Waals surface area (Å²) in [5.74, 6) is 2.08. The highest BCUT2D eigenvalue weighted by Crippen LogP contribution is 2.13. The van der Waals surface area contributed by atoms with Gasteiger partial charge >= 0.3 is 0 Å². The number of carbonyl (C=O) groups is 1. The molecule has 0 bridgehead atoms. The molecule has 0 amide bonds. The Hall–Kier alpha value is -0.0600. The van der Waals surface area contributed by atoms with Crippen LogP contribution in [0.2, 0.25) is 0 Å². The van der Waals surface area contributed by atoms with Crippen molar-refractivity contribution >= 4 is 18.0 Å². The van der Waals surface area contributed by atoms with Gasteiger partial charge in [0.15, 0.2) is 0 Å². The molecular weight excluding hydrogens is 186 g/mol. The zero-order chi connectivity index (χ0) is 10.3. The van der Waals surface area contributed by atoms with E-state index in [0.29, 0.717) is 0 Å². The van der Waals surface area contributed by atoms with E-state index < -0.39 is 12.1 Å². The average molecular weight is 205 g/mol. The number of rotatable bonds is 7. The third-order valence-corrected chi connectivity index (χ3v) is 3.19. The Bertz CT molecular complexity index is 144. The molecule has 0 fully saturated rings. The molecule has 3 atom stereocenters. The number of aliphatic hydroxyl groups is 1. The van der Waals surface area contributed by atoms with Crippen molar-refractivity contribution in [3.63, 3.8) is 0 Å².